The number of aromatic nitrogens is 3. The van der Waals surface area contributed by atoms with E-state index in [1.165, 1.54) is 6.92 Å². The monoisotopic (exact) mass is 329 g/mol. The van der Waals surface area contributed by atoms with Gasteiger partial charge in [-0.05, 0) is 19.1 Å². The summed E-state index contributed by atoms with van der Waals surface area (Å²) in [6.45, 7) is 1.67. The van der Waals surface area contributed by atoms with E-state index in [1.807, 2.05) is 18.2 Å². The molecule has 3 rings (SSSR count). The number of carboxylic acids is 1. The van der Waals surface area contributed by atoms with Gasteiger partial charge in [-0.2, -0.15) is 9.61 Å². The molecule has 0 aliphatic rings. The van der Waals surface area contributed by atoms with Crippen LogP contribution in [0.1, 0.15) is 21.6 Å². The molecule has 0 atom stereocenters. The third kappa shape index (κ3) is 2.69. The molecule has 3 N–H and O–H groups in total. The Hall–Kier alpha value is -3.29. The number of fused-ring (bicyclic) bond motifs is 1. The van der Waals surface area contributed by atoms with Gasteiger partial charge in [-0.1, -0.05) is 18.2 Å². The lowest BCUT2D eigenvalue weighted by atomic mass is 10.2. The molecule has 2 heterocycles. The van der Waals surface area contributed by atoms with E-state index in [2.05, 4.69) is 10.1 Å². The Morgan fingerprint density at radius 3 is 2.71 bits per heavy atom. The van der Waals surface area contributed by atoms with Crippen LogP contribution in [0.25, 0.3) is 5.65 Å². The minimum Gasteiger partial charge on any atom is -0.493 e. The van der Waals surface area contributed by atoms with E-state index in [0.717, 1.165) is 4.52 Å². The van der Waals surface area contributed by atoms with E-state index in [1.54, 1.807) is 12.1 Å². The molecule has 2 aromatic heterocycles. The molecule has 0 saturated heterocycles. The number of carbonyl (C=O) groups is 1. The molecule has 0 aliphatic heterocycles. The lowest BCUT2D eigenvalue weighted by Crippen LogP contribution is -2.19. The van der Waals surface area contributed by atoms with Gasteiger partial charge in [-0.25, -0.2) is 4.79 Å². The van der Waals surface area contributed by atoms with Crippen LogP contribution in [0, 0.1) is 6.92 Å². The van der Waals surface area contributed by atoms with Gasteiger partial charge in [0, 0.05) is 6.42 Å². The fourth-order valence-corrected chi connectivity index (χ4v) is 2.48. The zero-order valence-electron chi connectivity index (χ0n) is 12.8. The molecule has 3 aromatic rings. The van der Waals surface area contributed by atoms with Gasteiger partial charge in [0.2, 0.25) is 5.88 Å². The highest BCUT2D eigenvalue weighted by Crippen LogP contribution is 2.20. The Morgan fingerprint density at radius 1 is 1.33 bits per heavy atom. The Kier molecular flexibility index (Phi) is 3.95. The van der Waals surface area contributed by atoms with Crippen molar-refractivity contribution >= 4 is 11.6 Å². The van der Waals surface area contributed by atoms with Crippen molar-refractivity contribution < 1.29 is 19.7 Å². The number of ether oxygens (including phenoxy) is 1. The first kappa shape index (κ1) is 15.6. The summed E-state index contributed by atoms with van der Waals surface area (Å²) in [5, 5.41) is 23.4. The smallest absolute Gasteiger partial charge is 0.341 e. The maximum absolute atomic E-state index is 12.2. The van der Waals surface area contributed by atoms with Crippen molar-refractivity contribution in [1.82, 2.24) is 14.6 Å². The van der Waals surface area contributed by atoms with Gasteiger partial charge >= 0.3 is 5.97 Å². The van der Waals surface area contributed by atoms with Crippen LogP contribution in [0.4, 0.5) is 0 Å². The highest BCUT2D eigenvalue weighted by atomic mass is 16.5. The number of rotatable bonds is 5. The summed E-state index contributed by atoms with van der Waals surface area (Å²) in [6.07, 6.45) is 0.146. The molecule has 8 heteroatoms. The summed E-state index contributed by atoms with van der Waals surface area (Å²) in [5.41, 5.74) is -0.479. The van der Waals surface area contributed by atoms with Gasteiger partial charge in [0.25, 0.3) is 5.56 Å². The number of hydrogen-bond acceptors (Lipinski definition) is 5. The summed E-state index contributed by atoms with van der Waals surface area (Å²) in [6, 6.07) is 9.07. The summed E-state index contributed by atoms with van der Waals surface area (Å²) in [4.78, 5) is 25.9. The topological polar surface area (TPSA) is 117 Å². The zero-order chi connectivity index (χ0) is 17.3. The molecule has 0 saturated carbocycles. The van der Waals surface area contributed by atoms with Crippen LogP contribution in [0.2, 0.25) is 0 Å². The largest absolute Gasteiger partial charge is 0.493 e. The SMILES string of the molecule is Cc1nn2c(O)c(CCOc3ccccc3)c(=O)[nH]c2c1C(=O)O. The molecular formula is C16H15N3O5. The first-order chi connectivity index (χ1) is 11.5. The van der Waals surface area contributed by atoms with Gasteiger partial charge in [0.05, 0.1) is 17.9 Å². The molecule has 0 unspecified atom stereocenters. The maximum atomic E-state index is 12.2. The molecule has 24 heavy (non-hydrogen) atoms. The second-order valence-corrected chi connectivity index (χ2v) is 5.19. The molecule has 0 spiro atoms. The predicted molar refractivity (Wildman–Crippen MR) is 84.8 cm³/mol. The van der Waals surface area contributed by atoms with Gasteiger partial charge < -0.3 is 19.9 Å². The lowest BCUT2D eigenvalue weighted by molar-refractivity contribution is 0.0698. The quantitative estimate of drug-likeness (QED) is 0.650. The van der Waals surface area contributed by atoms with Crippen LogP contribution in [0.15, 0.2) is 35.1 Å². The van der Waals surface area contributed by atoms with Crippen molar-refractivity contribution in [2.45, 2.75) is 13.3 Å². The average molecular weight is 329 g/mol. The number of aromatic carboxylic acids is 1. The second-order valence-electron chi connectivity index (χ2n) is 5.19. The van der Waals surface area contributed by atoms with Crippen LogP contribution in [-0.2, 0) is 6.42 Å². The van der Waals surface area contributed by atoms with Crippen molar-refractivity contribution in [3.63, 3.8) is 0 Å². The van der Waals surface area contributed by atoms with Gasteiger partial charge in [-0.15, -0.1) is 0 Å². The highest BCUT2D eigenvalue weighted by molar-refractivity contribution is 5.95. The first-order valence-corrected chi connectivity index (χ1v) is 7.23. The highest BCUT2D eigenvalue weighted by Gasteiger charge is 2.21. The standard InChI is InChI=1S/C16H15N3O5/c1-9-12(16(22)23)13-17-14(20)11(15(21)19(13)18-9)7-8-24-10-5-3-2-4-6-10/h2-6,21H,7-8H2,1H3,(H,17,20)(H,22,23). The minimum absolute atomic E-state index is 0.0461. The van der Waals surface area contributed by atoms with E-state index in [-0.39, 0.29) is 41.4 Å². The second kappa shape index (κ2) is 6.07. The van der Waals surface area contributed by atoms with E-state index >= 15 is 0 Å². The Morgan fingerprint density at radius 2 is 2.04 bits per heavy atom. The molecule has 0 aliphatic carbocycles. The van der Waals surface area contributed by atoms with Crippen LogP contribution >= 0.6 is 0 Å². The summed E-state index contributed by atoms with van der Waals surface area (Å²) < 4.78 is 6.54. The number of H-pyrrole nitrogens is 1. The Bertz CT molecular complexity index is 959. The number of para-hydroxylation sites is 1. The van der Waals surface area contributed by atoms with Gasteiger partial charge in [-0.3, -0.25) is 4.79 Å². The number of hydrogen-bond donors (Lipinski definition) is 3. The molecule has 0 bridgehead atoms. The first-order valence-electron chi connectivity index (χ1n) is 7.23. The van der Waals surface area contributed by atoms with Gasteiger partial charge in [0.15, 0.2) is 5.65 Å². The van der Waals surface area contributed by atoms with E-state index < -0.39 is 11.5 Å². The summed E-state index contributed by atoms with van der Waals surface area (Å²) in [5.74, 6) is -0.962. The van der Waals surface area contributed by atoms with Crippen molar-refractivity contribution in [3.8, 4) is 11.6 Å². The molecule has 1 aromatic carbocycles. The van der Waals surface area contributed by atoms with Crippen LogP contribution in [0.5, 0.6) is 11.6 Å². The fraction of sp³-hybridized carbons (Fsp3) is 0.188. The van der Waals surface area contributed by atoms with E-state index in [4.69, 9.17) is 4.74 Å². The summed E-state index contributed by atoms with van der Waals surface area (Å²) >= 11 is 0. The number of aromatic amines is 1. The third-order valence-electron chi connectivity index (χ3n) is 3.61. The van der Waals surface area contributed by atoms with E-state index in [0.29, 0.717) is 5.75 Å². The molecule has 124 valence electrons. The number of aryl methyl sites for hydroxylation is 1. The molecule has 0 radical (unpaired) electrons. The van der Waals surface area contributed by atoms with Crippen LogP contribution in [0.3, 0.4) is 0 Å². The summed E-state index contributed by atoms with van der Waals surface area (Å²) in [7, 11) is 0. The average Bonchev–Trinajstić information content (AvgIpc) is 2.88. The van der Waals surface area contributed by atoms with Crippen molar-refractivity contribution in [3.05, 3.63) is 57.5 Å². The number of nitrogens with one attached hydrogen (secondary N) is 1. The number of benzene rings is 1. The van der Waals surface area contributed by atoms with Crippen molar-refractivity contribution in [2.24, 2.45) is 0 Å². The fourth-order valence-electron chi connectivity index (χ4n) is 2.48. The number of aromatic hydroxyl groups is 1. The molecule has 0 amide bonds. The van der Waals surface area contributed by atoms with Crippen molar-refractivity contribution in [1.29, 1.82) is 0 Å². The van der Waals surface area contributed by atoms with Crippen LogP contribution in [-0.4, -0.2) is 37.4 Å². The van der Waals surface area contributed by atoms with Gasteiger partial charge in [0.1, 0.15) is 11.3 Å². The number of carboxylic acid groups (broad SMARTS) is 1. The Labute approximate surface area is 135 Å². The minimum atomic E-state index is -1.22. The third-order valence-corrected chi connectivity index (χ3v) is 3.61. The zero-order valence-corrected chi connectivity index (χ0v) is 12.8. The van der Waals surface area contributed by atoms with Crippen molar-refractivity contribution in [2.75, 3.05) is 6.61 Å². The number of nitrogens with zero attached hydrogens (tertiary/aromatic N) is 2. The predicted octanol–water partition coefficient (Wildman–Crippen LogP) is 1.36. The lowest BCUT2D eigenvalue weighted by Gasteiger charge is -2.08. The molecular weight excluding hydrogens is 314 g/mol. The van der Waals surface area contributed by atoms with Crippen LogP contribution < -0.4 is 10.3 Å². The maximum Gasteiger partial charge on any atom is 0.341 e. The Balaban J connectivity index is 1.92. The normalized spacial score (nSPS) is 10.9. The molecule has 0 fully saturated rings. The molecule has 8 nitrogen and oxygen atoms in total. The van der Waals surface area contributed by atoms with E-state index in [9.17, 15) is 19.8 Å².